The number of carbonyl (C=O) groups is 1. The highest BCUT2D eigenvalue weighted by Gasteiger charge is 2.38. The molecular weight excluding hydrogens is 190 g/mol. The van der Waals surface area contributed by atoms with E-state index in [2.05, 4.69) is 12.2 Å². The molecule has 4 nitrogen and oxygen atoms in total. The van der Waals surface area contributed by atoms with Crippen molar-refractivity contribution in [2.24, 2.45) is 5.92 Å². The summed E-state index contributed by atoms with van der Waals surface area (Å²) in [4.78, 5) is 12.2. The van der Waals surface area contributed by atoms with Crippen LogP contribution in [-0.2, 0) is 4.79 Å². The molecule has 0 spiro atoms. The molecule has 15 heavy (non-hydrogen) atoms. The first-order valence-corrected chi connectivity index (χ1v) is 5.87. The van der Waals surface area contributed by atoms with Gasteiger partial charge >= 0.3 is 0 Å². The molecule has 2 aliphatic rings. The zero-order valence-corrected chi connectivity index (χ0v) is 9.86. The predicted molar refractivity (Wildman–Crippen MR) is 58.9 cm³/mol. The molecule has 1 heterocycles. The molecule has 0 aromatic rings. The maximum atomic E-state index is 12.2. The first kappa shape index (κ1) is 10.9. The van der Waals surface area contributed by atoms with Gasteiger partial charge in [-0.3, -0.25) is 15.1 Å². The summed E-state index contributed by atoms with van der Waals surface area (Å²) in [7, 11) is 3.84. The highest BCUT2D eigenvalue weighted by Crippen LogP contribution is 2.28. The quantitative estimate of drug-likeness (QED) is 0.644. The summed E-state index contributed by atoms with van der Waals surface area (Å²) in [6, 6.07) is 0.383. The summed E-state index contributed by atoms with van der Waals surface area (Å²) < 4.78 is 0. The first-order chi connectivity index (χ1) is 7.11. The van der Waals surface area contributed by atoms with Gasteiger partial charge in [0.25, 0.3) is 0 Å². The van der Waals surface area contributed by atoms with E-state index < -0.39 is 0 Å². The molecule has 1 aliphatic carbocycles. The van der Waals surface area contributed by atoms with Crippen LogP contribution in [0.2, 0.25) is 0 Å². The third-order valence-corrected chi connectivity index (χ3v) is 3.89. The second-order valence-electron chi connectivity index (χ2n) is 4.78. The molecule has 0 radical (unpaired) electrons. The summed E-state index contributed by atoms with van der Waals surface area (Å²) in [5.74, 6) is 0.468. The molecule has 3 unspecified atom stereocenters. The number of hydrogen-bond acceptors (Lipinski definition) is 3. The van der Waals surface area contributed by atoms with Crippen LogP contribution in [0.4, 0.5) is 0 Å². The van der Waals surface area contributed by atoms with Gasteiger partial charge in [0.15, 0.2) is 0 Å². The summed E-state index contributed by atoms with van der Waals surface area (Å²) in [5.41, 5.74) is 0. The van der Waals surface area contributed by atoms with Crippen LogP contribution in [0.15, 0.2) is 0 Å². The smallest absolute Gasteiger partial charge is 0.241 e. The van der Waals surface area contributed by atoms with Crippen LogP contribution in [0.25, 0.3) is 0 Å². The topological polar surface area (TPSA) is 35.6 Å². The minimum atomic E-state index is 0.191. The largest absolute Gasteiger partial charge is 0.297 e. The second kappa shape index (κ2) is 4.10. The van der Waals surface area contributed by atoms with Crippen LogP contribution in [0.1, 0.15) is 32.6 Å². The maximum Gasteiger partial charge on any atom is 0.241 e. The Hall–Kier alpha value is -0.610. The van der Waals surface area contributed by atoms with Gasteiger partial charge in [0, 0.05) is 20.1 Å². The molecule has 4 heteroatoms. The van der Waals surface area contributed by atoms with E-state index in [4.69, 9.17) is 0 Å². The molecule has 1 aliphatic heterocycles. The Kier molecular flexibility index (Phi) is 2.98. The van der Waals surface area contributed by atoms with E-state index in [0.717, 1.165) is 12.8 Å². The Balaban J connectivity index is 2.20. The van der Waals surface area contributed by atoms with Crippen LogP contribution >= 0.6 is 0 Å². The SMILES string of the molecule is CC1NC2CCCCC2C(=O)N(C)N1C. The minimum absolute atomic E-state index is 0.191. The lowest BCUT2D eigenvalue weighted by atomic mass is 9.84. The van der Waals surface area contributed by atoms with E-state index in [1.54, 1.807) is 5.01 Å². The Labute approximate surface area is 91.6 Å². The Morgan fingerprint density at radius 1 is 1.27 bits per heavy atom. The molecule has 1 amide bonds. The monoisotopic (exact) mass is 211 g/mol. The van der Waals surface area contributed by atoms with Crippen molar-refractivity contribution in [1.29, 1.82) is 0 Å². The molecule has 2 rings (SSSR count). The number of rotatable bonds is 0. The van der Waals surface area contributed by atoms with Crippen LogP contribution in [0, 0.1) is 5.92 Å². The number of nitrogens with zero attached hydrogens (tertiary/aromatic N) is 2. The van der Waals surface area contributed by atoms with Crippen molar-refractivity contribution in [2.45, 2.75) is 44.8 Å². The third kappa shape index (κ3) is 1.88. The fourth-order valence-electron chi connectivity index (χ4n) is 2.70. The average Bonchev–Trinajstić information content (AvgIpc) is 2.32. The van der Waals surface area contributed by atoms with Gasteiger partial charge < -0.3 is 0 Å². The highest BCUT2D eigenvalue weighted by atomic mass is 16.2. The minimum Gasteiger partial charge on any atom is -0.297 e. The van der Waals surface area contributed by atoms with E-state index in [-0.39, 0.29) is 18.0 Å². The Morgan fingerprint density at radius 3 is 2.67 bits per heavy atom. The van der Waals surface area contributed by atoms with E-state index in [9.17, 15) is 4.79 Å². The summed E-state index contributed by atoms with van der Waals surface area (Å²) in [6.45, 7) is 2.11. The van der Waals surface area contributed by atoms with E-state index >= 15 is 0 Å². The highest BCUT2D eigenvalue weighted by molar-refractivity contribution is 5.79. The zero-order chi connectivity index (χ0) is 11.0. The number of hydrazine groups is 1. The lowest BCUT2D eigenvalue weighted by Gasteiger charge is -2.31. The Bertz CT molecular complexity index is 256. The summed E-state index contributed by atoms with van der Waals surface area (Å²) in [6.07, 6.45) is 4.87. The van der Waals surface area contributed by atoms with Crippen LogP contribution in [0.3, 0.4) is 0 Å². The second-order valence-corrected chi connectivity index (χ2v) is 4.78. The number of amides is 1. The first-order valence-electron chi connectivity index (χ1n) is 5.87. The molecule has 0 bridgehead atoms. The van der Waals surface area contributed by atoms with Crippen molar-refractivity contribution >= 4 is 5.91 Å². The Morgan fingerprint density at radius 2 is 1.93 bits per heavy atom. The molecule has 0 aromatic heterocycles. The van der Waals surface area contributed by atoms with Crippen molar-refractivity contribution in [2.75, 3.05) is 14.1 Å². The van der Waals surface area contributed by atoms with Gasteiger partial charge in [-0.2, -0.15) is 0 Å². The van der Waals surface area contributed by atoms with Crippen molar-refractivity contribution in [3.63, 3.8) is 0 Å². The van der Waals surface area contributed by atoms with E-state index in [0.29, 0.717) is 6.04 Å². The van der Waals surface area contributed by atoms with Gasteiger partial charge in [0.2, 0.25) is 5.91 Å². The van der Waals surface area contributed by atoms with Crippen molar-refractivity contribution in [3.05, 3.63) is 0 Å². The predicted octanol–water partition coefficient (Wildman–Crippen LogP) is 0.800. The fourth-order valence-corrected chi connectivity index (χ4v) is 2.70. The normalized spacial score (nSPS) is 38.7. The molecule has 1 saturated heterocycles. The van der Waals surface area contributed by atoms with Crippen molar-refractivity contribution in [3.8, 4) is 0 Å². The van der Waals surface area contributed by atoms with Crippen LogP contribution < -0.4 is 5.32 Å². The van der Waals surface area contributed by atoms with Gasteiger partial charge in [-0.1, -0.05) is 12.8 Å². The number of fused-ring (bicyclic) bond motifs is 1. The van der Waals surface area contributed by atoms with Gasteiger partial charge in [0.1, 0.15) is 0 Å². The molecule has 2 fully saturated rings. The maximum absolute atomic E-state index is 12.2. The van der Waals surface area contributed by atoms with E-state index in [1.807, 2.05) is 19.1 Å². The van der Waals surface area contributed by atoms with Crippen LogP contribution in [-0.4, -0.2) is 42.2 Å². The van der Waals surface area contributed by atoms with Crippen molar-refractivity contribution in [1.82, 2.24) is 15.3 Å². The van der Waals surface area contributed by atoms with Gasteiger partial charge in [-0.15, -0.1) is 0 Å². The molecule has 1 saturated carbocycles. The zero-order valence-electron chi connectivity index (χ0n) is 9.86. The molecule has 1 N–H and O–H groups in total. The van der Waals surface area contributed by atoms with Gasteiger partial charge in [-0.25, -0.2) is 5.01 Å². The van der Waals surface area contributed by atoms with Crippen molar-refractivity contribution < 1.29 is 4.79 Å². The van der Waals surface area contributed by atoms with Crippen LogP contribution in [0.5, 0.6) is 0 Å². The summed E-state index contributed by atoms with van der Waals surface area (Å²) >= 11 is 0. The lowest BCUT2D eigenvalue weighted by molar-refractivity contribution is -0.149. The lowest BCUT2D eigenvalue weighted by Crippen LogP contribution is -2.49. The number of hydrogen-bond donors (Lipinski definition) is 1. The number of carbonyl (C=O) groups excluding carboxylic acids is 1. The standard InChI is InChI=1S/C11H21N3O/c1-8-12-10-7-5-4-6-9(10)11(15)14(3)13(8)2/h8-10,12H,4-7H2,1-3H3. The van der Waals surface area contributed by atoms with Gasteiger partial charge in [0.05, 0.1) is 12.1 Å². The fraction of sp³-hybridized carbons (Fsp3) is 0.909. The molecular formula is C11H21N3O. The molecule has 3 atom stereocenters. The van der Waals surface area contributed by atoms with Gasteiger partial charge in [-0.05, 0) is 19.8 Å². The average molecular weight is 211 g/mol. The molecule has 86 valence electrons. The molecule has 0 aromatic carbocycles. The third-order valence-electron chi connectivity index (χ3n) is 3.89. The van der Waals surface area contributed by atoms with E-state index in [1.165, 1.54) is 12.8 Å². The number of nitrogens with one attached hydrogen (secondary N) is 1. The summed E-state index contributed by atoms with van der Waals surface area (Å²) in [5, 5.41) is 7.31.